The number of rotatable bonds is 3. The average molecular weight is 262 g/mol. The molecule has 0 unspecified atom stereocenters. The fourth-order valence-electron chi connectivity index (χ4n) is 1.88. The summed E-state index contributed by atoms with van der Waals surface area (Å²) >= 11 is 0. The van der Waals surface area contributed by atoms with Crippen LogP contribution in [-0.4, -0.2) is 20.7 Å². The van der Waals surface area contributed by atoms with Gasteiger partial charge in [-0.15, -0.1) is 0 Å². The van der Waals surface area contributed by atoms with Crippen LogP contribution < -0.4 is 5.32 Å². The Morgan fingerprint density at radius 1 is 1.47 bits per heavy atom. The van der Waals surface area contributed by atoms with Crippen LogP contribution in [0.1, 0.15) is 27.4 Å². The number of nitrogens with zero attached hydrogens (tertiary/aromatic N) is 3. The van der Waals surface area contributed by atoms with Crippen molar-refractivity contribution in [2.75, 3.05) is 0 Å². The summed E-state index contributed by atoms with van der Waals surface area (Å²) in [6, 6.07) is 2.66. The maximum Gasteiger partial charge on any atom is 0.273 e. The number of amides is 1. The van der Waals surface area contributed by atoms with Gasteiger partial charge in [-0.2, -0.15) is 5.10 Å². The van der Waals surface area contributed by atoms with Crippen molar-refractivity contribution in [2.24, 2.45) is 7.05 Å². The lowest BCUT2D eigenvalue weighted by Crippen LogP contribution is -2.25. The fourth-order valence-corrected chi connectivity index (χ4v) is 1.88. The van der Waals surface area contributed by atoms with Crippen molar-refractivity contribution in [1.82, 2.24) is 20.1 Å². The molecule has 0 radical (unpaired) electrons. The van der Waals surface area contributed by atoms with Gasteiger partial charge < -0.3 is 5.32 Å². The summed E-state index contributed by atoms with van der Waals surface area (Å²) in [5.41, 5.74) is 2.56. The van der Waals surface area contributed by atoms with E-state index in [-0.39, 0.29) is 5.69 Å². The van der Waals surface area contributed by atoms with Crippen molar-refractivity contribution < 1.29 is 9.18 Å². The van der Waals surface area contributed by atoms with Crippen LogP contribution >= 0.6 is 0 Å². The van der Waals surface area contributed by atoms with Crippen molar-refractivity contribution >= 4 is 5.91 Å². The third-order valence-electron chi connectivity index (χ3n) is 3.06. The molecule has 0 aliphatic rings. The lowest BCUT2D eigenvalue weighted by atomic mass is 10.2. The molecule has 0 aliphatic heterocycles. The molecule has 2 aromatic rings. The largest absolute Gasteiger partial charge is 0.346 e. The summed E-state index contributed by atoms with van der Waals surface area (Å²) in [6.07, 6.45) is 1.39. The number of carbonyl (C=O) groups excluding carboxylic acids is 1. The van der Waals surface area contributed by atoms with Gasteiger partial charge in [0.2, 0.25) is 0 Å². The summed E-state index contributed by atoms with van der Waals surface area (Å²) in [5, 5.41) is 6.91. The van der Waals surface area contributed by atoms with Crippen molar-refractivity contribution in [3.05, 3.63) is 46.8 Å². The van der Waals surface area contributed by atoms with Crippen LogP contribution in [0.3, 0.4) is 0 Å². The monoisotopic (exact) mass is 262 g/mol. The molecule has 0 aliphatic carbocycles. The lowest BCUT2D eigenvalue weighted by molar-refractivity contribution is 0.0941. The number of carbonyl (C=O) groups is 1. The number of aromatic nitrogens is 3. The van der Waals surface area contributed by atoms with Gasteiger partial charge in [0, 0.05) is 31.0 Å². The minimum absolute atomic E-state index is 0.193. The van der Waals surface area contributed by atoms with E-state index in [1.165, 1.54) is 18.3 Å². The van der Waals surface area contributed by atoms with Crippen LogP contribution in [0.2, 0.25) is 0 Å². The van der Waals surface area contributed by atoms with Gasteiger partial charge in [-0.3, -0.25) is 9.48 Å². The summed E-state index contributed by atoms with van der Waals surface area (Å²) in [5.74, 6) is -1.15. The van der Waals surface area contributed by atoms with Gasteiger partial charge >= 0.3 is 0 Å². The zero-order chi connectivity index (χ0) is 14.0. The molecular weight excluding hydrogens is 247 g/mol. The third-order valence-corrected chi connectivity index (χ3v) is 3.06. The predicted octanol–water partition coefficient (Wildman–Crippen LogP) is 1.50. The van der Waals surface area contributed by atoms with Crippen LogP contribution in [0.4, 0.5) is 4.39 Å². The van der Waals surface area contributed by atoms with E-state index in [2.05, 4.69) is 15.4 Å². The van der Waals surface area contributed by atoms with E-state index in [1.54, 1.807) is 4.68 Å². The molecule has 2 heterocycles. The summed E-state index contributed by atoms with van der Waals surface area (Å²) in [4.78, 5) is 15.6. The first-order valence-corrected chi connectivity index (χ1v) is 5.88. The van der Waals surface area contributed by atoms with E-state index in [4.69, 9.17) is 0 Å². The summed E-state index contributed by atoms with van der Waals surface area (Å²) in [6.45, 7) is 4.10. The molecule has 5 nitrogen and oxygen atoms in total. The van der Waals surface area contributed by atoms with Gasteiger partial charge in [-0.05, 0) is 26.0 Å². The smallest absolute Gasteiger partial charge is 0.273 e. The highest BCUT2D eigenvalue weighted by molar-refractivity contribution is 5.92. The number of nitrogens with one attached hydrogen (secondary N) is 1. The van der Waals surface area contributed by atoms with Gasteiger partial charge in [0.15, 0.2) is 11.5 Å². The highest BCUT2D eigenvalue weighted by atomic mass is 19.1. The van der Waals surface area contributed by atoms with E-state index in [1.807, 2.05) is 20.9 Å². The van der Waals surface area contributed by atoms with E-state index in [9.17, 15) is 9.18 Å². The van der Waals surface area contributed by atoms with Gasteiger partial charge in [-0.1, -0.05) is 0 Å². The molecule has 100 valence electrons. The Morgan fingerprint density at radius 2 is 2.21 bits per heavy atom. The number of pyridine rings is 1. The van der Waals surface area contributed by atoms with Crippen molar-refractivity contribution in [1.29, 1.82) is 0 Å². The SMILES string of the molecule is Cc1nn(C)c(C)c1CNC(=O)c1ncccc1F. The molecule has 0 saturated heterocycles. The lowest BCUT2D eigenvalue weighted by Gasteiger charge is -2.06. The fraction of sp³-hybridized carbons (Fsp3) is 0.308. The molecule has 2 rings (SSSR count). The molecule has 0 atom stereocenters. The summed E-state index contributed by atoms with van der Waals surface area (Å²) < 4.78 is 15.1. The number of halogens is 1. The maximum absolute atomic E-state index is 13.4. The number of hydrogen-bond donors (Lipinski definition) is 1. The number of hydrogen-bond acceptors (Lipinski definition) is 3. The van der Waals surface area contributed by atoms with Crippen LogP contribution in [0.5, 0.6) is 0 Å². The zero-order valence-electron chi connectivity index (χ0n) is 11.1. The second-order valence-corrected chi connectivity index (χ2v) is 4.29. The van der Waals surface area contributed by atoms with Crippen LogP contribution in [0, 0.1) is 19.7 Å². The van der Waals surface area contributed by atoms with Crippen LogP contribution in [0.25, 0.3) is 0 Å². The highest BCUT2D eigenvalue weighted by Gasteiger charge is 2.14. The Bertz CT molecular complexity index is 621. The highest BCUT2D eigenvalue weighted by Crippen LogP contribution is 2.11. The Hall–Kier alpha value is -2.24. The molecule has 0 bridgehead atoms. The third kappa shape index (κ3) is 2.62. The Balaban J connectivity index is 2.11. The Morgan fingerprint density at radius 3 is 2.79 bits per heavy atom. The molecule has 19 heavy (non-hydrogen) atoms. The van der Waals surface area contributed by atoms with Crippen molar-refractivity contribution in [3.8, 4) is 0 Å². The van der Waals surface area contributed by atoms with Gasteiger partial charge in [0.25, 0.3) is 5.91 Å². The zero-order valence-corrected chi connectivity index (χ0v) is 11.1. The van der Waals surface area contributed by atoms with E-state index in [0.717, 1.165) is 17.0 Å². The quantitative estimate of drug-likeness (QED) is 0.912. The molecule has 1 N–H and O–H groups in total. The average Bonchev–Trinajstić information content (AvgIpc) is 2.61. The van der Waals surface area contributed by atoms with Crippen LogP contribution in [-0.2, 0) is 13.6 Å². The molecule has 0 aromatic carbocycles. The first-order chi connectivity index (χ1) is 9.00. The molecule has 0 saturated carbocycles. The van der Waals surface area contributed by atoms with Gasteiger partial charge in [-0.25, -0.2) is 9.37 Å². The van der Waals surface area contributed by atoms with Crippen LogP contribution in [0.15, 0.2) is 18.3 Å². The second-order valence-electron chi connectivity index (χ2n) is 4.29. The van der Waals surface area contributed by atoms with Crippen molar-refractivity contribution in [3.63, 3.8) is 0 Å². The predicted molar refractivity (Wildman–Crippen MR) is 68.0 cm³/mol. The maximum atomic E-state index is 13.4. The molecule has 0 spiro atoms. The molecule has 6 heteroatoms. The standard InChI is InChI=1S/C13H15FN4O/c1-8-10(9(2)18(3)17-8)7-16-13(19)12-11(14)5-4-6-15-12/h4-6H,7H2,1-3H3,(H,16,19). The molecular formula is C13H15FN4O. The Kier molecular flexibility index (Phi) is 3.59. The van der Waals surface area contributed by atoms with Gasteiger partial charge in [0.05, 0.1) is 5.69 Å². The molecule has 1 amide bonds. The van der Waals surface area contributed by atoms with E-state index < -0.39 is 11.7 Å². The first kappa shape index (κ1) is 13.2. The summed E-state index contributed by atoms with van der Waals surface area (Å²) in [7, 11) is 1.84. The molecule has 2 aromatic heterocycles. The second kappa shape index (κ2) is 5.17. The van der Waals surface area contributed by atoms with E-state index in [0.29, 0.717) is 6.54 Å². The minimum atomic E-state index is -0.625. The minimum Gasteiger partial charge on any atom is -0.346 e. The Labute approximate surface area is 110 Å². The topological polar surface area (TPSA) is 59.8 Å². The molecule has 0 fully saturated rings. The van der Waals surface area contributed by atoms with Gasteiger partial charge in [0.1, 0.15) is 0 Å². The van der Waals surface area contributed by atoms with Crippen molar-refractivity contribution in [2.45, 2.75) is 20.4 Å². The van der Waals surface area contributed by atoms with E-state index >= 15 is 0 Å². The number of aryl methyl sites for hydroxylation is 2. The first-order valence-electron chi connectivity index (χ1n) is 5.88. The normalized spacial score (nSPS) is 10.5.